The first-order chi connectivity index (χ1) is 12.8. The number of pyridine rings is 1. The van der Waals surface area contributed by atoms with Crippen molar-refractivity contribution in [2.24, 2.45) is 0 Å². The summed E-state index contributed by atoms with van der Waals surface area (Å²) < 4.78 is 11.5. The summed E-state index contributed by atoms with van der Waals surface area (Å²) in [5.41, 5.74) is 1.23. The van der Waals surface area contributed by atoms with Crippen molar-refractivity contribution in [2.45, 2.75) is 6.10 Å². The number of hydrogen-bond acceptors (Lipinski definition) is 6. The molecular weight excluding hydrogens is 332 g/mol. The second-order valence-electron chi connectivity index (χ2n) is 5.74. The number of ether oxygens (including phenoxy) is 2. The Hall–Kier alpha value is -3.48. The molecule has 0 fully saturated rings. The maximum absolute atomic E-state index is 12.3. The van der Waals surface area contributed by atoms with E-state index in [4.69, 9.17) is 9.47 Å². The molecule has 0 saturated heterocycles. The molecule has 1 aliphatic rings. The number of aromatic nitrogens is 3. The second-order valence-corrected chi connectivity index (χ2v) is 5.74. The molecule has 2 aromatic heterocycles. The standard InChI is InChI=1S/C19H16N4O3/c24-19(14-9-21-18(22-10-14)13-5-7-20-8-6-13)23-11-15-12-25-16-3-1-2-4-17(16)26-15/h1-10,15H,11-12H2,(H,23,24). The largest absolute Gasteiger partial charge is 0.486 e. The van der Waals surface area contributed by atoms with Gasteiger partial charge in [0.2, 0.25) is 0 Å². The Kier molecular flexibility index (Phi) is 4.42. The highest BCUT2D eigenvalue weighted by Gasteiger charge is 2.21. The molecule has 1 aliphatic heterocycles. The summed E-state index contributed by atoms with van der Waals surface area (Å²) in [6.45, 7) is 0.716. The van der Waals surface area contributed by atoms with Crippen molar-refractivity contribution in [3.05, 3.63) is 66.7 Å². The third-order valence-corrected chi connectivity index (χ3v) is 3.91. The van der Waals surface area contributed by atoms with Gasteiger partial charge < -0.3 is 14.8 Å². The van der Waals surface area contributed by atoms with Crippen LogP contribution in [-0.4, -0.2) is 40.1 Å². The van der Waals surface area contributed by atoms with Crippen molar-refractivity contribution >= 4 is 5.91 Å². The van der Waals surface area contributed by atoms with Crippen LogP contribution in [-0.2, 0) is 0 Å². The van der Waals surface area contributed by atoms with E-state index in [1.165, 1.54) is 12.4 Å². The smallest absolute Gasteiger partial charge is 0.254 e. The van der Waals surface area contributed by atoms with Gasteiger partial charge in [-0.1, -0.05) is 12.1 Å². The van der Waals surface area contributed by atoms with Crippen LogP contribution >= 0.6 is 0 Å². The molecule has 0 spiro atoms. The summed E-state index contributed by atoms with van der Waals surface area (Å²) in [5.74, 6) is 1.69. The molecule has 130 valence electrons. The zero-order valence-electron chi connectivity index (χ0n) is 13.8. The van der Waals surface area contributed by atoms with Crippen molar-refractivity contribution in [1.82, 2.24) is 20.3 Å². The van der Waals surface area contributed by atoms with Gasteiger partial charge in [-0.3, -0.25) is 9.78 Å². The highest BCUT2D eigenvalue weighted by molar-refractivity contribution is 5.93. The molecule has 0 saturated carbocycles. The van der Waals surface area contributed by atoms with Gasteiger partial charge in [-0.15, -0.1) is 0 Å². The van der Waals surface area contributed by atoms with Crippen molar-refractivity contribution in [1.29, 1.82) is 0 Å². The summed E-state index contributed by atoms with van der Waals surface area (Å²) in [5, 5.41) is 2.82. The molecule has 1 unspecified atom stereocenters. The van der Waals surface area contributed by atoms with Crippen LogP contribution in [0.1, 0.15) is 10.4 Å². The number of fused-ring (bicyclic) bond motifs is 1. The minimum Gasteiger partial charge on any atom is -0.486 e. The average Bonchev–Trinajstić information content (AvgIpc) is 2.72. The maximum atomic E-state index is 12.3. The molecule has 1 amide bonds. The van der Waals surface area contributed by atoms with Gasteiger partial charge in [-0.25, -0.2) is 9.97 Å². The molecule has 7 nitrogen and oxygen atoms in total. The van der Waals surface area contributed by atoms with Crippen LogP contribution < -0.4 is 14.8 Å². The van der Waals surface area contributed by atoms with Gasteiger partial charge in [-0.05, 0) is 24.3 Å². The summed E-state index contributed by atoms with van der Waals surface area (Å²) in [7, 11) is 0. The average molecular weight is 348 g/mol. The van der Waals surface area contributed by atoms with Gasteiger partial charge >= 0.3 is 0 Å². The van der Waals surface area contributed by atoms with Crippen LogP contribution in [0.2, 0.25) is 0 Å². The topological polar surface area (TPSA) is 86.2 Å². The van der Waals surface area contributed by atoms with E-state index in [0.29, 0.717) is 30.3 Å². The van der Waals surface area contributed by atoms with Crippen LogP contribution in [0.3, 0.4) is 0 Å². The molecule has 1 atom stereocenters. The van der Waals surface area contributed by atoms with Gasteiger partial charge in [-0.2, -0.15) is 0 Å². The summed E-state index contributed by atoms with van der Waals surface area (Å²) in [6.07, 6.45) is 6.11. The predicted octanol–water partition coefficient (Wildman–Crippen LogP) is 2.11. The first kappa shape index (κ1) is 16.0. The fraction of sp³-hybridized carbons (Fsp3) is 0.158. The Morgan fingerprint density at radius 3 is 2.58 bits per heavy atom. The zero-order valence-corrected chi connectivity index (χ0v) is 13.8. The SMILES string of the molecule is O=C(NCC1COc2ccccc2O1)c1cnc(-c2ccncc2)nc1. The molecule has 1 aromatic carbocycles. The molecule has 0 radical (unpaired) electrons. The Balaban J connectivity index is 1.35. The number of nitrogens with zero attached hydrogens (tertiary/aromatic N) is 3. The highest BCUT2D eigenvalue weighted by atomic mass is 16.6. The Bertz CT molecular complexity index is 900. The monoisotopic (exact) mass is 348 g/mol. The fourth-order valence-corrected chi connectivity index (χ4v) is 2.57. The minimum absolute atomic E-state index is 0.245. The first-order valence-electron chi connectivity index (χ1n) is 8.19. The normalized spacial score (nSPS) is 15.3. The number of para-hydroxylation sites is 2. The van der Waals surface area contributed by atoms with Gasteiger partial charge in [0.25, 0.3) is 5.91 Å². The van der Waals surface area contributed by atoms with E-state index in [1.54, 1.807) is 12.4 Å². The van der Waals surface area contributed by atoms with E-state index in [-0.39, 0.29) is 12.0 Å². The van der Waals surface area contributed by atoms with Crippen LogP contribution in [0.5, 0.6) is 11.5 Å². The quantitative estimate of drug-likeness (QED) is 0.777. The maximum Gasteiger partial charge on any atom is 0.254 e. The van der Waals surface area contributed by atoms with Crippen molar-refractivity contribution in [3.63, 3.8) is 0 Å². The Morgan fingerprint density at radius 2 is 1.81 bits per heavy atom. The summed E-state index contributed by atoms with van der Waals surface area (Å²) in [4.78, 5) is 24.7. The molecule has 4 rings (SSSR count). The number of benzene rings is 1. The molecule has 0 aliphatic carbocycles. The lowest BCUT2D eigenvalue weighted by molar-refractivity contribution is 0.0789. The molecule has 1 N–H and O–H groups in total. The molecule has 26 heavy (non-hydrogen) atoms. The lowest BCUT2D eigenvalue weighted by Gasteiger charge is -2.26. The molecule has 0 bridgehead atoms. The number of carbonyl (C=O) groups excluding carboxylic acids is 1. The number of hydrogen-bond donors (Lipinski definition) is 1. The van der Waals surface area contributed by atoms with Gasteiger partial charge in [0.15, 0.2) is 17.3 Å². The van der Waals surface area contributed by atoms with Crippen molar-refractivity contribution in [3.8, 4) is 22.9 Å². The third-order valence-electron chi connectivity index (χ3n) is 3.91. The van der Waals surface area contributed by atoms with Gasteiger partial charge in [0.1, 0.15) is 12.7 Å². The predicted molar refractivity (Wildman–Crippen MR) is 93.9 cm³/mol. The van der Waals surface area contributed by atoms with Crippen molar-refractivity contribution < 1.29 is 14.3 Å². The first-order valence-corrected chi connectivity index (χ1v) is 8.19. The van der Waals surface area contributed by atoms with E-state index >= 15 is 0 Å². The lowest BCUT2D eigenvalue weighted by atomic mass is 10.2. The second kappa shape index (κ2) is 7.18. The summed E-state index contributed by atoms with van der Waals surface area (Å²) >= 11 is 0. The van der Waals surface area contributed by atoms with Crippen LogP contribution in [0.15, 0.2) is 61.2 Å². The van der Waals surface area contributed by atoms with E-state index in [1.807, 2.05) is 36.4 Å². The molecule has 3 heterocycles. The Labute approximate surface area is 150 Å². The molecule has 3 aromatic rings. The van der Waals surface area contributed by atoms with E-state index in [0.717, 1.165) is 11.3 Å². The number of nitrogens with one attached hydrogen (secondary N) is 1. The lowest BCUT2D eigenvalue weighted by Crippen LogP contribution is -2.40. The molecular formula is C19H16N4O3. The number of carbonyl (C=O) groups is 1. The van der Waals surface area contributed by atoms with E-state index in [2.05, 4.69) is 20.3 Å². The fourth-order valence-electron chi connectivity index (χ4n) is 2.57. The highest BCUT2D eigenvalue weighted by Crippen LogP contribution is 2.30. The van der Waals surface area contributed by atoms with Crippen LogP contribution in [0.4, 0.5) is 0 Å². The zero-order chi connectivity index (χ0) is 17.8. The summed E-state index contributed by atoms with van der Waals surface area (Å²) in [6, 6.07) is 11.1. The van der Waals surface area contributed by atoms with E-state index in [9.17, 15) is 4.79 Å². The van der Waals surface area contributed by atoms with Crippen LogP contribution in [0, 0.1) is 0 Å². The molecule has 7 heteroatoms. The van der Waals surface area contributed by atoms with Crippen LogP contribution in [0.25, 0.3) is 11.4 Å². The number of amides is 1. The third kappa shape index (κ3) is 3.46. The van der Waals surface area contributed by atoms with E-state index < -0.39 is 0 Å². The van der Waals surface area contributed by atoms with Gasteiger partial charge in [0, 0.05) is 30.4 Å². The Morgan fingerprint density at radius 1 is 1.08 bits per heavy atom. The minimum atomic E-state index is -0.256. The van der Waals surface area contributed by atoms with Gasteiger partial charge in [0.05, 0.1) is 12.1 Å². The number of rotatable bonds is 4. The van der Waals surface area contributed by atoms with Crippen molar-refractivity contribution in [2.75, 3.05) is 13.2 Å².